The van der Waals surface area contributed by atoms with E-state index in [0.717, 1.165) is 29.7 Å². The van der Waals surface area contributed by atoms with Crippen LogP contribution in [0.5, 0.6) is 0 Å². The van der Waals surface area contributed by atoms with Crippen LogP contribution in [0.1, 0.15) is 26.3 Å². The third kappa shape index (κ3) is 5.69. The summed E-state index contributed by atoms with van der Waals surface area (Å²) in [6, 6.07) is 10.1. The van der Waals surface area contributed by atoms with Crippen LogP contribution < -0.4 is 10.5 Å². The lowest BCUT2D eigenvalue weighted by molar-refractivity contribution is -0.156. The molecular weight excluding hydrogens is 523 g/mol. The van der Waals surface area contributed by atoms with Crippen molar-refractivity contribution in [2.45, 2.75) is 34.0 Å². The Kier molecular flexibility index (Phi) is 7.46. The first kappa shape index (κ1) is 26.9. The van der Waals surface area contributed by atoms with E-state index in [4.69, 9.17) is 26.1 Å². The number of benzene rings is 1. The van der Waals surface area contributed by atoms with Gasteiger partial charge in [0.15, 0.2) is 6.73 Å². The van der Waals surface area contributed by atoms with Crippen molar-refractivity contribution in [3.05, 3.63) is 81.7 Å². The zero-order valence-corrected chi connectivity index (χ0v) is 22.9. The van der Waals surface area contributed by atoms with Gasteiger partial charge in [-0.1, -0.05) is 23.7 Å². The van der Waals surface area contributed by atoms with E-state index < -0.39 is 11.2 Å². The molecule has 4 aromatic rings. The van der Waals surface area contributed by atoms with Gasteiger partial charge < -0.3 is 18.9 Å². The zero-order chi connectivity index (χ0) is 27.7. The molecule has 5 rings (SSSR count). The maximum atomic E-state index is 14.4. The molecule has 0 saturated carbocycles. The maximum absolute atomic E-state index is 14.4. The van der Waals surface area contributed by atoms with Gasteiger partial charge in [-0.05, 0) is 44.5 Å². The van der Waals surface area contributed by atoms with Crippen molar-refractivity contribution in [1.29, 1.82) is 0 Å². The minimum Gasteiger partial charge on any atom is -0.443 e. The van der Waals surface area contributed by atoms with E-state index in [9.17, 15) is 14.0 Å². The summed E-state index contributed by atoms with van der Waals surface area (Å²) < 4.78 is 28.7. The fraction of sp³-hybridized carbons (Fsp3) is 0.345. The minimum atomic E-state index is -0.643. The summed E-state index contributed by atoms with van der Waals surface area (Å²) in [5.41, 5.74) is 2.43. The summed E-state index contributed by atoms with van der Waals surface area (Å²) in [6.45, 7) is 8.22. The van der Waals surface area contributed by atoms with Crippen LogP contribution in [0.15, 0.2) is 59.8 Å². The molecule has 0 bridgehead atoms. The maximum Gasteiger partial charge on any atom is 0.312 e. The van der Waals surface area contributed by atoms with Gasteiger partial charge in [0.1, 0.15) is 11.5 Å². The lowest BCUT2D eigenvalue weighted by atomic mass is 9.98. The van der Waals surface area contributed by atoms with Crippen molar-refractivity contribution >= 4 is 34.3 Å². The second kappa shape index (κ2) is 10.8. The molecule has 1 aromatic carbocycles. The first-order valence-electron chi connectivity index (χ1n) is 12.7. The minimum absolute atomic E-state index is 0.0123. The number of fused-ring (bicyclic) bond motifs is 1. The molecule has 1 saturated heterocycles. The summed E-state index contributed by atoms with van der Waals surface area (Å²) in [5.74, 6) is -0.864. The number of halogens is 2. The molecule has 10 heteroatoms. The van der Waals surface area contributed by atoms with Crippen LogP contribution in [0, 0.1) is 11.2 Å². The Bertz CT molecular complexity index is 1580. The van der Waals surface area contributed by atoms with Crippen molar-refractivity contribution in [3.8, 4) is 11.1 Å². The standard InChI is InChI=1S/C29H30ClFN4O4/c1-29(2,3)28(37)39-18-35-17-23(22-14-21(15-32-27(22)35)33-9-11-38-12-10-33)19-7-8-34(25(36)13-19)16-20-5-4-6-24(30)26(20)31/h4-8,13-15,17H,9-12,16,18H2,1-3H3. The van der Waals surface area contributed by atoms with E-state index in [1.807, 2.05) is 18.3 Å². The second-order valence-corrected chi connectivity index (χ2v) is 11.0. The van der Waals surface area contributed by atoms with Crippen LogP contribution in [0.4, 0.5) is 10.1 Å². The van der Waals surface area contributed by atoms with Gasteiger partial charge in [-0.3, -0.25) is 14.2 Å². The van der Waals surface area contributed by atoms with Gasteiger partial charge in [0.05, 0.1) is 42.1 Å². The van der Waals surface area contributed by atoms with Crippen molar-refractivity contribution in [2.24, 2.45) is 5.41 Å². The van der Waals surface area contributed by atoms with Crippen molar-refractivity contribution in [2.75, 3.05) is 31.2 Å². The number of hydrogen-bond acceptors (Lipinski definition) is 6. The van der Waals surface area contributed by atoms with Crippen molar-refractivity contribution < 1.29 is 18.7 Å². The lowest BCUT2D eigenvalue weighted by Crippen LogP contribution is -2.36. The molecule has 39 heavy (non-hydrogen) atoms. The second-order valence-electron chi connectivity index (χ2n) is 10.6. The topological polar surface area (TPSA) is 78.6 Å². The summed E-state index contributed by atoms with van der Waals surface area (Å²) in [4.78, 5) is 32.4. The SMILES string of the molecule is CC(C)(C)C(=O)OCn1cc(-c2ccn(Cc3cccc(Cl)c3F)c(=O)c2)c2cc(N3CCOCC3)cnc21. The number of morpholine rings is 1. The molecule has 0 aliphatic carbocycles. The Morgan fingerprint density at radius 2 is 1.92 bits per heavy atom. The third-order valence-electron chi connectivity index (χ3n) is 6.70. The normalized spacial score (nSPS) is 14.1. The zero-order valence-electron chi connectivity index (χ0n) is 22.1. The van der Waals surface area contributed by atoms with Gasteiger partial charge in [-0.25, -0.2) is 9.37 Å². The molecule has 3 aromatic heterocycles. The lowest BCUT2D eigenvalue weighted by Gasteiger charge is -2.28. The first-order valence-corrected chi connectivity index (χ1v) is 13.1. The summed E-state index contributed by atoms with van der Waals surface area (Å²) in [5, 5.41) is 0.838. The highest BCUT2D eigenvalue weighted by Gasteiger charge is 2.24. The van der Waals surface area contributed by atoms with E-state index in [-0.39, 0.29) is 29.8 Å². The van der Waals surface area contributed by atoms with E-state index >= 15 is 0 Å². The number of aromatic nitrogens is 3. The number of carbonyl (C=O) groups excluding carboxylic acids is 1. The van der Waals surface area contributed by atoms with Crippen LogP contribution in [0.2, 0.25) is 5.02 Å². The quantitative estimate of drug-likeness (QED) is 0.310. The number of anilines is 1. The Hall–Kier alpha value is -3.69. The van der Waals surface area contributed by atoms with E-state index in [0.29, 0.717) is 30.0 Å². The number of esters is 1. The summed E-state index contributed by atoms with van der Waals surface area (Å²) in [7, 11) is 0. The van der Waals surface area contributed by atoms with Crippen molar-refractivity contribution in [3.63, 3.8) is 0 Å². The molecule has 0 unspecified atom stereocenters. The molecule has 1 aliphatic rings. The molecule has 1 aliphatic heterocycles. The average Bonchev–Trinajstić information content (AvgIpc) is 3.28. The number of ether oxygens (including phenoxy) is 2. The summed E-state index contributed by atoms with van der Waals surface area (Å²) >= 11 is 5.91. The smallest absolute Gasteiger partial charge is 0.312 e. The van der Waals surface area contributed by atoms with Gasteiger partial charge in [0, 0.05) is 48.1 Å². The number of pyridine rings is 2. The molecule has 0 atom stereocenters. The Morgan fingerprint density at radius 3 is 2.64 bits per heavy atom. The van der Waals surface area contributed by atoms with Crippen molar-refractivity contribution in [1.82, 2.24) is 14.1 Å². The molecule has 8 nitrogen and oxygen atoms in total. The van der Waals surface area contributed by atoms with Crippen LogP contribution in [0.3, 0.4) is 0 Å². The van der Waals surface area contributed by atoms with E-state index in [2.05, 4.69) is 4.90 Å². The molecule has 0 N–H and O–H groups in total. The molecular formula is C29H30ClFN4O4. The van der Waals surface area contributed by atoms with E-state index in [1.165, 1.54) is 16.7 Å². The number of nitrogens with zero attached hydrogens (tertiary/aromatic N) is 4. The van der Waals surface area contributed by atoms with E-state index in [1.54, 1.807) is 49.9 Å². The Labute approximate surface area is 230 Å². The molecule has 0 spiro atoms. The van der Waals surface area contributed by atoms with Gasteiger partial charge >= 0.3 is 5.97 Å². The number of hydrogen-bond donors (Lipinski definition) is 0. The van der Waals surface area contributed by atoms with Crippen LogP contribution >= 0.6 is 11.6 Å². The molecule has 1 fully saturated rings. The predicted molar refractivity (Wildman–Crippen MR) is 149 cm³/mol. The first-order chi connectivity index (χ1) is 18.6. The molecule has 0 radical (unpaired) electrons. The van der Waals surface area contributed by atoms with Gasteiger partial charge in [-0.15, -0.1) is 0 Å². The van der Waals surface area contributed by atoms with Gasteiger partial charge in [0.25, 0.3) is 5.56 Å². The monoisotopic (exact) mass is 552 g/mol. The van der Waals surface area contributed by atoms with Gasteiger partial charge in [0.2, 0.25) is 0 Å². The molecule has 4 heterocycles. The highest BCUT2D eigenvalue weighted by molar-refractivity contribution is 6.30. The Morgan fingerprint density at radius 1 is 1.15 bits per heavy atom. The average molecular weight is 553 g/mol. The summed E-state index contributed by atoms with van der Waals surface area (Å²) in [6.07, 6.45) is 5.28. The molecule has 204 valence electrons. The van der Waals surface area contributed by atoms with Crippen LogP contribution in [-0.4, -0.2) is 46.4 Å². The molecule has 0 amide bonds. The Balaban J connectivity index is 1.53. The van der Waals surface area contributed by atoms with Gasteiger partial charge in [-0.2, -0.15) is 0 Å². The fourth-order valence-electron chi connectivity index (χ4n) is 4.49. The fourth-order valence-corrected chi connectivity index (χ4v) is 4.68. The largest absolute Gasteiger partial charge is 0.443 e. The number of carbonyl (C=O) groups is 1. The third-order valence-corrected chi connectivity index (χ3v) is 6.99. The predicted octanol–water partition coefficient (Wildman–Crippen LogP) is 5.09. The van der Waals surface area contributed by atoms with Crippen LogP contribution in [-0.2, 0) is 27.5 Å². The number of rotatable bonds is 6. The highest BCUT2D eigenvalue weighted by Crippen LogP contribution is 2.32. The highest BCUT2D eigenvalue weighted by atomic mass is 35.5. The van der Waals surface area contributed by atoms with Crippen LogP contribution in [0.25, 0.3) is 22.2 Å².